The van der Waals surface area contributed by atoms with Gasteiger partial charge >= 0.3 is 0 Å². The monoisotopic (exact) mass is 290 g/mol. The second kappa shape index (κ2) is 6.01. The van der Waals surface area contributed by atoms with Crippen LogP contribution in [-0.4, -0.2) is 61.0 Å². The van der Waals surface area contributed by atoms with E-state index in [9.17, 15) is 0 Å². The molecular formula is C16H22N2O3. The summed E-state index contributed by atoms with van der Waals surface area (Å²) < 4.78 is 17.4. The molecule has 4 rings (SSSR count). The van der Waals surface area contributed by atoms with Crippen LogP contribution in [0.5, 0.6) is 0 Å². The van der Waals surface area contributed by atoms with Gasteiger partial charge in [0.25, 0.3) is 0 Å². The Morgan fingerprint density at radius 2 is 2.29 bits per heavy atom. The van der Waals surface area contributed by atoms with Crippen molar-refractivity contribution in [2.45, 2.75) is 31.2 Å². The minimum atomic E-state index is 0.262. The number of hydrogen-bond acceptors (Lipinski definition) is 5. The summed E-state index contributed by atoms with van der Waals surface area (Å²) in [6, 6.07) is 5.08. The highest BCUT2D eigenvalue weighted by atomic mass is 16.5. The highest BCUT2D eigenvalue weighted by molar-refractivity contribution is 5.07. The van der Waals surface area contributed by atoms with Crippen molar-refractivity contribution in [1.29, 1.82) is 0 Å². The van der Waals surface area contributed by atoms with Gasteiger partial charge in [-0.05, 0) is 18.1 Å². The molecule has 0 spiro atoms. The van der Waals surface area contributed by atoms with E-state index in [4.69, 9.17) is 14.2 Å². The fourth-order valence-corrected chi connectivity index (χ4v) is 3.80. The van der Waals surface area contributed by atoms with Crippen LogP contribution in [0.2, 0.25) is 0 Å². The number of hydrogen-bond donors (Lipinski definition) is 0. The molecule has 21 heavy (non-hydrogen) atoms. The van der Waals surface area contributed by atoms with Crippen molar-refractivity contribution in [1.82, 2.24) is 9.88 Å². The first-order valence-corrected chi connectivity index (χ1v) is 7.83. The number of likely N-dealkylation sites (tertiary alicyclic amines) is 1. The Hall–Kier alpha value is -1.01. The molecule has 5 nitrogen and oxygen atoms in total. The molecule has 0 bridgehead atoms. The number of ether oxygens (including phenoxy) is 3. The minimum Gasteiger partial charge on any atom is -0.380 e. The van der Waals surface area contributed by atoms with E-state index < -0.39 is 0 Å². The van der Waals surface area contributed by atoms with Crippen LogP contribution in [0.3, 0.4) is 0 Å². The average molecular weight is 290 g/mol. The van der Waals surface area contributed by atoms with E-state index in [1.807, 2.05) is 12.3 Å². The summed E-state index contributed by atoms with van der Waals surface area (Å²) in [6.45, 7) is 5.06. The molecule has 3 fully saturated rings. The van der Waals surface area contributed by atoms with Gasteiger partial charge in [-0.25, -0.2) is 0 Å². The van der Waals surface area contributed by atoms with Crippen molar-refractivity contribution in [2.24, 2.45) is 5.92 Å². The van der Waals surface area contributed by atoms with Crippen LogP contribution in [0.1, 0.15) is 12.0 Å². The Kier molecular flexibility index (Phi) is 3.90. The highest BCUT2D eigenvalue weighted by Crippen LogP contribution is 2.35. The minimum absolute atomic E-state index is 0.262. The molecule has 114 valence electrons. The third-order valence-electron chi connectivity index (χ3n) is 4.95. The largest absolute Gasteiger partial charge is 0.380 e. The van der Waals surface area contributed by atoms with Crippen molar-refractivity contribution < 1.29 is 14.2 Å². The summed E-state index contributed by atoms with van der Waals surface area (Å²) in [5.74, 6) is 0.502. The molecule has 3 aliphatic rings. The van der Waals surface area contributed by atoms with Gasteiger partial charge in [-0.1, -0.05) is 6.07 Å². The fraction of sp³-hybridized carbons (Fsp3) is 0.688. The molecule has 0 aliphatic carbocycles. The van der Waals surface area contributed by atoms with Crippen molar-refractivity contribution >= 4 is 0 Å². The first-order chi connectivity index (χ1) is 10.4. The van der Waals surface area contributed by atoms with Crippen LogP contribution in [0, 0.1) is 5.92 Å². The van der Waals surface area contributed by atoms with E-state index in [0.29, 0.717) is 24.6 Å². The summed E-state index contributed by atoms with van der Waals surface area (Å²) in [5, 5.41) is 0. The number of aromatic nitrogens is 1. The predicted molar refractivity (Wildman–Crippen MR) is 76.8 cm³/mol. The molecule has 0 amide bonds. The molecule has 3 saturated heterocycles. The topological polar surface area (TPSA) is 43.8 Å². The Bertz CT molecular complexity index is 464. The predicted octanol–water partition coefficient (Wildman–Crippen LogP) is 1.09. The van der Waals surface area contributed by atoms with Crippen LogP contribution >= 0.6 is 0 Å². The van der Waals surface area contributed by atoms with Crippen LogP contribution in [0.4, 0.5) is 0 Å². The van der Waals surface area contributed by atoms with Gasteiger partial charge in [0.2, 0.25) is 0 Å². The summed E-state index contributed by atoms with van der Waals surface area (Å²) in [6.07, 6.45) is 5.07. The number of fused-ring (bicyclic) bond motifs is 1. The Morgan fingerprint density at radius 1 is 1.29 bits per heavy atom. The Morgan fingerprint density at radius 3 is 3.10 bits per heavy atom. The first-order valence-electron chi connectivity index (χ1n) is 7.83. The van der Waals surface area contributed by atoms with Gasteiger partial charge in [0, 0.05) is 43.5 Å². The molecule has 0 saturated carbocycles. The summed E-state index contributed by atoms with van der Waals surface area (Å²) in [5.41, 5.74) is 1.13. The molecule has 0 radical (unpaired) electrons. The summed E-state index contributed by atoms with van der Waals surface area (Å²) in [7, 11) is 0. The molecule has 4 heterocycles. The SMILES string of the molecule is c1cncc(CO[C@@H]2CN(C3CCOC3)[C@H]3COC[C@@H]23)c1. The number of pyridine rings is 1. The van der Waals surface area contributed by atoms with Crippen LogP contribution < -0.4 is 0 Å². The van der Waals surface area contributed by atoms with E-state index in [2.05, 4.69) is 16.0 Å². The molecular weight excluding hydrogens is 268 g/mol. The maximum Gasteiger partial charge on any atom is 0.0772 e. The highest BCUT2D eigenvalue weighted by Gasteiger charge is 2.48. The maximum atomic E-state index is 6.19. The zero-order valence-corrected chi connectivity index (χ0v) is 12.2. The van der Waals surface area contributed by atoms with E-state index in [0.717, 1.165) is 45.0 Å². The first kappa shape index (κ1) is 13.6. The Balaban J connectivity index is 1.41. The normalized spacial score (nSPS) is 36.2. The van der Waals surface area contributed by atoms with Gasteiger partial charge in [0.15, 0.2) is 0 Å². The number of nitrogens with zero attached hydrogens (tertiary/aromatic N) is 2. The van der Waals surface area contributed by atoms with Crippen molar-refractivity contribution in [3.63, 3.8) is 0 Å². The van der Waals surface area contributed by atoms with Gasteiger partial charge in [-0.3, -0.25) is 9.88 Å². The third-order valence-corrected chi connectivity index (χ3v) is 4.95. The average Bonchev–Trinajstić information content (AvgIpc) is 3.24. The lowest BCUT2D eigenvalue weighted by Gasteiger charge is -2.27. The maximum absolute atomic E-state index is 6.19. The standard InChI is InChI=1S/C16H22N2O3/c1-2-12(6-17-4-1)8-21-16-7-18(13-3-5-19-9-13)15-11-20-10-14(15)16/h1-2,4,6,13-16H,3,5,7-11H2/t13?,14-,15+,16-/m1/s1. The Labute approximate surface area is 125 Å². The fourth-order valence-electron chi connectivity index (χ4n) is 3.80. The quantitative estimate of drug-likeness (QED) is 0.830. The van der Waals surface area contributed by atoms with Crippen molar-refractivity contribution in [3.05, 3.63) is 30.1 Å². The second-order valence-corrected chi connectivity index (χ2v) is 6.19. The molecule has 1 unspecified atom stereocenters. The van der Waals surface area contributed by atoms with Crippen LogP contribution in [-0.2, 0) is 20.8 Å². The van der Waals surface area contributed by atoms with Crippen LogP contribution in [0.25, 0.3) is 0 Å². The van der Waals surface area contributed by atoms with Gasteiger partial charge < -0.3 is 14.2 Å². The zero-order chi connectivity index (χ0) is 14.1. The molecule has 1 aromatic heterocycles. The molecule has 0 N–H and O–H groups in total. The van der Waals surface area contributed by atoms with E-state index in [1.165, 1.54) is 0 Å². The van der Waals surface area contributed by atoms with Gasteiger partial charge in [-0.2, -0.15) is 0 Å². The van der Waals surface area contributed by atoms with Gasteiger partial charge in [0.1, 0.15) is 0 Å². The molecule has 1 aromatic rings. The lowest BCUT2D eigenvalue weighted by molar-refractivity contribution is 0.00576. The molecule has 5 heteroatoms. The zero-order valence-electron chi connectivity index (χ0n) is 12.2. The van der Waals surface area contributed by atoms with E-state index in [1.54, 1.807) is 6.20 Å². The van der Waals surface area contributed by atoms with Gasteiger partial charge in [-0.15, -0.1) is 0 Å². The lowest BCUT2D eigenvalue weighted by atomic mass is 10.0. The molecule has 0 aromatic carbocycles. The molecule has 4 atom stereocenters. The van der Waals surface area contributed by atoms with Gasteiger partial charge in [0.05, 0.1) is 32.5 Å². The van der Waals surface area contributed by atoms with Crippen molar-refractivity contribution in [2.75, 3.05) is 33.0 Å². The summed E-state index contributed by atoms with van der Waals surface area (Å²) in [4.78, 5) is 6.71. The molecule has 3 aliphatic heterocycles. The van der Waals surface area contributed by atoms with E-state index in [-0.39, 0.29) is 6.10 Å². The lowest BCUT2D eigenvalue weighted by Crippen LogP contribution is -2.41. The third kappa shape index (κ3) is 2.71. The number of rotatable bonds is 4. The van der Waals surface area contributed by atoms with Crippen molar-refractivity contribution in [3.8, 4) is 0 Å². The summed E-state index contributed by atoms with van der Waals surface area (Å²) >= 11 is 0. The smallest absolute Gasteiger partial charge is 0.0772 e. The van der Waals surface area contributed by atoms with E-state index >= 15 is 0 Å². The second-order valence-electron chi connectivity index (χ2n) is 6.19. The van der Waals surface area contributed by atoms with Crippen LogP contribution in [0.15, 0.2) is 24.5 Å².